The molecule has 0 aliphatic heterocycles. The second kappa shape index (κ2) is 7.09. The normalized spacial score (nSPS) is 14.5. The number of methoxy groups -OCH3 is 1. The highest BCUT2D eigenvalue weighted by molar-refractivity contribution is 5.92. The molecule has 6 nitrogen and oxygen atoms in total. The molecular formula is C17H20N4O2. The summed E-state index contributed by atoms with van der Waals surface area (Å²) in [6, 6.07) is 9.36. The fourth-order valence-electron chi connectivity index (χ4n) is 2.70. The van der Waals surface area contributed by atoms with Gasteiger partial charge in [-0.15, -0.1) is 0 Å². The number of hydrogen-bond donors (Lipinski definition) is 2. The van der Waals surface area contributed by atoms with Crippen LogP contribution in [0, 0.1) is 0 Å². The van der Waals surface area contributed by atoms with Gasteiger partial charge in [-0.25, -0.2) is 9.97 Å². The van der Waals surface area contributed by atoms with Crippen LogP contribution in [0.25, 0.3) is 0 Å². The highest BCUT2D eigenvalue weighted by atomic mass is 16.5. The summed E-state index contributed by atoms with van der Waals surface area (Å²) in [4.78, 5) is 20.7. The molecule has 0 atom stereocenters. The largest absolute Gasteiger partial charge is 0.497 e. The predicted molar refractivity (Wildman–Crippen MR) is 88.0 cm³/mol. The third kappa shape index (κ3) is 3.97. The average Bonchev–Trinajstić information content (AvgIpc) is 3.08. The van der Waals surface area contributed by atoms with E-state index in [1.807, 2.05) is 24.3 Å². The molecule has 23 heavy (non-hydrogen) atoms. The van der Waals surface area contributed by atoms with Crippen molar-refractivity contribution in [1.29, 1.82) is 0 Å². The Morgan fingerprint density at radius 2 is 2.09 bits per heavy atom. The topological polar surface area (TPSA) is 76.1 Å². The van der Waals surface area contributed by atoms with E-state index in [-0.39, 0.29) is 11.9 Å². The lowest BCUT2D eigenvalue weighted by molar-refractivity contribution is 0.0933. The Bertz CT molecular complexity index is 684. The van der Waals surface area contributed by atoms with Crippen LogP contribution in [0.5, 0.6) is 5.75 Å². The molecule has 120 valence electrons. The molecule has 1 fully saturated rings. The lowest BCUT2D eigenvalue weighted by Crippen LogP contribution is -2.33. The summed E-state index contributed by atoms with van der Waals surface area (Å²) in [7, 11) is 1.61. The number of aromatic nitrogens is 2. The fraction of sp³-hybridized carbons (Fsp3) is 0.353. The van der Waals surface area contributed by atoms with Gasteiger partial charge in [0.25, 0.3) is 5.91 Å². The van der Waals surface area contributed by atoms with E-state index >= 15 is 0 Å². The van der Waals surface area contributed by atoms with Gasteiger partial charge in [0.15, 0.2) is 0 Å². The molecule has 1 amide bonds. The maximum absolute atomic E-state index is 12.3. The molecule has 1 aromatic carbocycles. The first-order chi connectivity index (χ1) is 11.2. The molecule has 2 N–H and O–H groups in total. The van der Waals surface area contributed by atoms with Gasteiger partial charge in [0.2, 0.25) is 5.95 Å². The van der Waals surface area contributed by atoms with Gasteiger partial charge in [0, 0.05) is 24.0 Å². The molecule has 1 aliphatic rings. The van der Waals surface area contributed by atoms with Crippen molar-refractivity contribution < 1.29 is 9.53 Å². The first-order valence-electron chi connectivity index (χ1n) is 7.79. The highest BCUT2D eigenvalue weighted by Gasteiger charge is 2.18. The number of benzene rings is 1. The van der Waals surface area contributed by atoms with Gasteiger partial charge < -0.3 is 15.4 Å². The molecule has 1 saturated carbocycles. The number of anilines is 2. The molecule has 0 bridgehead atoms. The van der Waals surface area contributed by atoms with Crippen molar-refractivity contribution in [3.63, 3.8) is 0 Å². The summed E-state index contributed by atoms with van der Waals surface area (Å²) < 4.78 is 5.18. The Morgan fingerprint density at radius 3 is 2.87 bits per heavy atom. The minimum Gasteiger partial charge on any atom is -0.497 e. The van der Waals surface area contributed by atoms with E-state index in [1.54, 1.807) is 19.4 Å². The highest BCUT2D eigenvalue weighted by Crippen LogP contribution is 2.20. The number of nitrogens with one attached hydrogen (secondary N) is 2. The Balaban J connectivity index is 1.70. The maximum Gasteiger partial charge on any atom is 0.270 e. The third-order valence-corrected chi connectivity index (χ3v) is 3.90. The molecule has 6 heteroatoms. The van der Waals surface area contributed by atoms with Gasteiger partial charge in [-0.05, 0) is 31.0 Å². The Labute approximate surface area is 135 Å². The second-order valence-electron chi connectivity index (χ2n) is 5.58. The van der Waals surface area contributed by atoms with Crippen LogP contribution < -0.4 is 15.4 Å². The summed E-state index contributed by atoms with van der Waals surface area (Å²) in [5.41, 5.74) is 1.18. The standard InChI is InChI=1S/C17H20N4O2/c1-23-14-8-4-7-13(11-14)20-17-18-10-9-15(21-17)16(22)19-12-5-2-3-6-12/h4,7-12H,2-3,5-6H2,1H3,(H,19,22)(H,18,20,21). The molecule has 3 rings (SSSR count). The van der Waals surface area contributed by atoms with Crippen LogP contribution in [-0.2, 0) is 0 Å². The first kappa shape index (κ1) is 15.3. The summed E-state index contributed by atoms with van der Waals surface area (Å²) in [6.07, 6.45) is 6.03. The maximum atomic E-state index is 12.3. The zero-order chi connectivity index (χ0) is 16.1. The van der Waals surface area contributed by atoms with E-state index in [0.29, 0.717) is 11.6 Å². The van der Waals surface area contributed by atoms with Gasteiger partial charge in [-0.2, -0.15) is 0 Å². The number of amides is 1. The number of rotatable bonds is 5. The quantitative estimate of drug-likeness (QED) is 0.888. The fourth-order valence-corrected chi connectivity index (χ4v) is 2.70. The summed E-state index contributed by atoms with van der Waals surface area (Å²) in [5.74, 6) is 0.982. The smallest absolute Gasteiger partial charge is 0.270 e. The number of carbonyl (C=O) groups excluding carboxylic acids is 1. The van der Waals surface area contributed by atoms with E-state index in [0.717, 1.165) is 24.3 Å². The number of nitrogens with zero attached hydrogens (tertiary/aromatic N) is 2. The SMILES string of the molecule is COc1cccc(Nc2nccc(C(=O)NC3CCCC3)n2)c1. The van der Waals surface area contributed by atoms with Crippen molar-refractivity contribution in [3.05, 3.63) is 42.2 Å². The molecular weight excluding hydrogens is 292 g/mol. The monoisotopic (exact) mass is 312 g/mol. The summed E-state index contributed by atoms with van der Waals surface area (Å²) in [6.45, 7) is 0. The molecule has 0 spiro atoms. The van der Waals surface area contributed by atoms with Crippen LogP contribution >= 0.6 is 0 Å². The van der Waals surface area contributed by atoms with Crippen LogP contribution in [0.3, 0.4) is 0 Å². The van der Waals surface area contributed by atoms with Crippen LogP contribution in [-0.4, -0.2) is 29.0 Å². The van der Waals surface area contributed by atoms with E-state index in [4.69, 9.17) is 4.74 Å². The zero-order valence-electron chi connectivity index (χ0n) is 13.1. The molecule has 0 saturated heterocycles. The molecule has 0 radical (unpaired) electrons. The predicted octanol–water partition coefficient (Wildman–Crippen LogP) is 2.90. The van der Waals surface area contributed by atoms with Gasteiger partial charge in [-0.1, -0.05) is 18.9 Å². The van der Waals surface area contributed by atoms with Crippen LogP contribution in [0.1, 0.15) is 36.2 Å². The molecule has 1 aromatic heterocycles. The van der Waals surface area contributed by atoms with Crippen LogP contribution in [0.2, 0.25) is 0 Å². The number of hydrogen-bond acceptors (Lipinski definition) is 5. The lowest BCUT2D eigenvalue weighted by Gasteiger charge is -2.12. The van der Waals surface area contributed by atoms with Crippen molar-refractivity contribution in [2.45, 2.75) is 31.7 Å². The van der Waals surface area contributed by atoms with E-state index in [2.05, 4.69) is 20.6 Å². The van der Waals surface area contributed by atoms with Crippen molar-refractivity contribution in [1.82, 2.24) is 15.3 Å². The number of carbonyl (C=O) groups is 1. The Hall–Kier alpha value is -2.63. The van der Waals surface area contributed by atoms with E-state index in [9.17, 15) is 4.79 Å². The van der Waals surface area contributed by atoms with Crippen LogP contribution in [0.15, 0.2) is 36.5 Å². The van der Waals surface area contributed by atoms with Crippen LogP contribution in [0.4, 0.5) is 11.6 Å². The minimum absolute atomic E-state index is 0.145. The van der Waals surface area contributed by atoms with Gasteiger partial charge >= 0.3 is 0 Å². The van der Waals surface area contributed by atoms with E-state index in [1.165, 1.54) is 12.8 Å². The second-order valence-corrected chi connectivity index (χ2v) is 5.58. The van der Waals surface area contributed by atoms with Gasteiger partial charge in [-0.3, -0.25) is 4.79 Å². The Morgan fingerprint density at radius 1 is 1.26 bits per heavy atom. The summed E-state index contributed by atoms with van der Waals surface area (Å²) in [5, 5.41) is 6.11. The lowest BCUT2D eigenvalue weighted by atomic mass is 10.2. The third-order valence-electron chi connectivity index (χ3n) is 3.90. The van der Waals surface area contributed by atoms with Gasteiger partial charge in [0.1, 0.15) is 11.4 Å². The van der Waals surface area contributed by atoms with Crippen molar-refractivity contribution in [3.8, 4) is 5.75 Å². The molecule has 0 unspecified atom stereocenters. The average molecular weight is 312 g/mol. The molecule has 1 heterocycles. The van der Waals surface area contributed by atoms with E-state index < -0.39 is 0 Å². The first-order valence-corrected chi connectivity index (χ1v) is 7.79. The molecule has 1 aliphatic carbocycles. The zero-order valence-corrected chi connectivity index (χ0v) is 13.1. The number of ether oxygens (including phenoxy) is 1. The minimum atomic E-state index is -0.145. The van der Waals surface area contributed by atoms with Crippen molar-refractivity contribution >= 4 is 17.5 Å². The van der Waals surface area contributed by atoms with Crippen molar-refractivity contribution in [2.75, 3.05) is 12.4 Å². The molecule has 2 aromatic rings. The van der Waals surface area contributed by atoms with Gasteiger partial charge in [0.05, 0.1) is 7.11 Å². The Kier molecular flexibility index (Phi) is 4.71. The summed E-state index contributed by atoms with van der Waals surface area (Å²) >= 11 is 0. The van der Waals surface area contributed by atoms with Crippen molar-refractivity contribution in [2.24, 2.45) is 0 Å².